The Morgan fingerprint density at radius 3 is 2.18 bits per heavy atom. The summed E-state index contributed by atoms with van der Waals surface area (Å²) < 4.78 is 5.55. The Balaban J connectivity index is 1.69. The molecule has 0 aromatic carbocycles. The normalized spacial score (nSPS) is 45.6. The first-order valence-corrected chi connectivity index (χ1v) is 15.4. The van der Waals surface area contributed by atoms with Crippen molar-refractivity contribution in [3.63, 3.8) is 0 Å². The van der Waals surface area contributed by atoms with E-state index in [9.17, 15) is 19.5 Å². The Hall–Kier alpha value is -1.69. The molecule has 4 fully saturated rings. The first kappa shape index (κ1) is 28.8. The number of allylic oxidation sites excluding steroid dienone is 1. The maximum absolute atomic E-state index is 13.7. The summed E-state index contributed by atoms with van der Waals surface area (Å²) in [7, 11) is 0. The highest BCUT2D eigenvalue weighted by Crippen LogP contribution is 2.77. The van der Waals surface area contributed by atoms with Crippen LogP contribution < -0.4 is 5.73 Å². The summed E-state index contributed by atoms with van der Waals surface area (Å²) in [5.41, 5.74) is 7.57. The molecular weight excluding hydrogens is 490 g/mol. The fourth-order valence-corrected chi connectivity index (χ4v) is 11.8. The number of esters is 1. The molecule has 0 amide bonds. The molecule has 6 heteroatoms. The summed E-state index contributed by atoms with van der Waals surface area (Å²) in [4.78, 5) is 38.6. The second-order valence-electron chi connectivity index (χ2n) is 15.8. The van der Waals surface area contributed by atoms with Crippen molar-refractivity contribution in [2.45, 2.75) is 131 Å². The number of hydrogen-bond acceptors (Lipinski definition) is 5. The Morgan fingerprint density at radius 2 is 1.59 bits per heavy atom. The van der Waals surface area contributed by atoms with Crippen molar-refractivity contribution in [3.05, 3.63) is 11.1 Å². The van der Waals surface area contributed by atoms with E-state index < -0.39 is 29.0 Å². The number of ether oxygens (including phenoxy) is 1. The first-order valence-electron chi connectivity index (χ1n) is 15.4. The van der Waals surface area contributed by atoms with Crippen LogP contribution in [0.15, 0.2) is 11.1 Å². The van der Waals surface area contributed by atoms with E-state index >= 15 is 0 Å². The lowest BCUT2D eigenvalue weighted by Crippen LogP contribution is -2.74. The van der Waals surface area contributed by atoms with Crippen LogP contribution in [0.4, 0.5) is 0 Å². The minimum Gasteiger partial charge on any atom is -0.478 e. The number of aliphatic carboxylic acids is 1. The van der Waals surface area contributed by atoms with Gasteiger partial charge in [-0.1, -0.05) is 54.9 Å². The van der Waals surface area contributed by atoms with E-state index in [1.165, 1.54) is 32.6 Å². The van der Waals surface area contributed by atoms with Gasteiger partial charge in [-0.25, -0.2) is 4.79 Å². The van der Waals surface area contributed by atoms with E-state index in [0.717, 1.165) is 31.3 Å². The molecule has 0 aromatic heterocycles. The van der Waals surface area contributed by atoms with E-state index in [1.54, 1.807) is 0 Å². The van der Waals surface area contributed by atoms with Crippen LogP contribution >= 0.6 is 0 Å². The van der Waals surface area contributed by atoms with Gasteiger partial charge in [0.1, 0.15) is 0 Å². The van der Waals surface area contributed by atoms with Crippen LogP contribution in [0.3, 0.4) is 0 Å². The zero-order chi connectivity index (χ0) is 29.0. The maximum Gasteiger partial charge on any atom is 0.345 e. The molecule has 0 radical (unpaired) electrons. The average molecular weight is 542 g/mol. The van der Waals surface area contributed by atoms with Crippen molar-refractivity contribution in [3.8, 4) is 0 Å². The third-order valence-electron chi connectivity index (χ3n) is 13.5. The number of ketones is 1. The number of fused-ring (bicyclic) bond motifs is 7. The van der Waals surface area contributed by atoms with E-state index in [2.05, 4.69) is 34.6 Å². The largest absolute Gasteiger partial charge is 0.478 e. The lowest BCUT2D eigenvalue weighted by molar-refractivity contribution is -0.222. The van der Waals surface area contributed by atoms with E-state index in [4.69, 9.17) is 10.5 Å². The third-order valence-corrected chi connectivity index (χ3v) is 13.5. The van der Waals surface area contributed by atoms with Gasteiger partial charge in [0.05, 0.1) is 0 Å². The molecule has 8 unspecified atom stereocenters. The number of carboxylic acids is 1. The van der Waals surface area contributed by atoms with E-state index in [-0.39, 0.29) is 34.4 Å². The molecule has 5 rings (SSSR count). The van der Waals surface area contributed by atoms with Crippen LogP contribution in [0, 0.1) is 44.8 Å². The highest BCUT2D eigenvalue weighted by molar-refractivity contribution is 6.02. The van der Waals surface area contributed by atoms with Crippen LogP contribution in [-0.4, -0.2) is 34.5 Å². The minimum atomic E-state index is -1.41. The number of carboxylic acid groups (broad SMARTS) is 1. The predicted molar refractivity (Wildman–Crippen MR) is 151 cm³/mol. The standard InChI is InChI=1S/C33H51NO5/c1-19(2)24-21(36)18-32(26(27(37)38)39-20(3)35)17-16-31(8)30(7)14-10-22-28(4,5)12-9-13-29(22,6)23(30)11-15-33(31,34)25(24)32/h19,22-23,26H,9-18,34H2,1-8H3,(H,37,38). The van der Waals surface area contributed by atoms with Gasteiger partial charge < -0.3 is 15.6 Å². The van der Waals surface area contributed by atoms with Crippen LogP contribution in [0.2, 0.25) is 0 Å². The monoisotopic (exact) mass is 541 g/mol. The van der Waals surface area contributed by atoms with Crippen molar-refractivity contribution in [1.82, 2.24) is 0 Å². The Morgan fingerprint density at radius 1 is 0.949 bits per heavy atom. The Bertz CT molecular complexity index is 1140. The molecule has 0 bridgehead atoms. The predicted octanol–water partition coefficient (Wildman–Crippen LogP) is 6.45. The number of carbonyl (C=O) groups excluding carboxylic acids is 2. The molecule has 0 aromatic rings. The molecule has 218 valence electrons. The lowest BCUT2D eigenvalue weighted by atomic mass is 9.31. The molecule has 4 saturated carbocycles. The number of nitrogens with two attached hydrogens (primary N) is 1. The zero-order valence-electron chi connectivity index (χ0n) is 25.5. The van der Waals surface area contributed by atoms with Gasteiger partial charge in [0.25, 0.3) is 0 Å². The summed E-state index contributed by atoms with van der Waals surface area (Å²) in [5.74, 6) is -0.715. The molecule has 6 nitrogen and oxygen atoms in total. The van der Waals surface area contributed by atoms with Gasteiger partial charge >= 0.3 is 11.9 Å². The lowest BCUT2D eigenvalue weighted by Gasteiger charge is -2.74. The van der Waals surface area contributed by atoms with Crippen LogP contribution in [0.5, 0.6) is 0 Å². The molecule has 0 saturated heterocycles. The van der Waals surface area contributed by atoms with Gasteiger partial charge in [0.15, 0.2) is 5.78 Å². The van der Waals surface area contributed by atoms with Crippen LogP contribution in [0.25, 0.3) is 0 Å². The highest BCUT2D eigenvalue weighted by Gasteiger charge is 2.75. The SMILES string of the molecule is CC(=O)OC(C(=O)O)C12CCC3(C)C(N)(CCC4C5(C)CCCC(C)(C)C5CCC43C)C1=C(C(C)C)C(=O)C2. The molecular formula is C33H51NO5. The number of Topliss-reactive ketones (excluding diaryl/α,β-unsaturated/α-hetero) is 1. The summed E-state index contributed by atoms with van der Waals surface area (Å²) in [6.07, 6.45) is 7.70. The smallest absolute Gasteiger partial charge is 0.345 e. The molecule has 0 aliphatic heterocycles. The second-order valence-corrected chi connectivity index (χ2v) is 15.8. The van der Waals surface area contributed by atoms with Crippen LogP contribution in [0.1, 0.15) is 120 Å². The second kappa shape index (κ2) is 8.66. The van der Waals surface area contributed by atoms with Gasteiger partial charge in [-0.2, -0.15) is 0 Å². The molecule has 3 N–H and O–H groups in total. The van der Waals surface area contributed by atoms with Gasteiger partial charge in [-0.05, 0) is 102 Å². The fraction of sp³-hybridized carbons (Fsp3) is 0.848. The Labute approximate surface area is 234 Å². The molecule has 5 aliphatic carbocycles. The van der Waals surface area contributed by atoms with Crippen molar-refractivity contribution >= 4 is 17.7 Å². The van der Waals surface area contributed by atoms with Crippen LogP contribution in [-0.2, 0) is 19.1 Å². The Kier molecular flexibility index (Phi) is 6.40. The highest BCUT2D eigenvalue weighted by atomic mass is 16.6. The number of hydrogen-bond donors (Lipinski definition) is 2. The molecule has 5 aliphatic rings. The topological polar surface area (TPSA) is 107 Å². The molecule has 0 heterocycles. The number of rotatable bonds is 4. The summed E-state index contributed by atoms with van der Waals surface area (Å²) >= 11 is 0. The first-order chi connectivity index (χ1) is 17.9. The van der Waals surface area contributed by atoms with Crippen molar-refractivity contribution in [1.29, 1.82) is 0 Å². The summed E-state index contributed by atoms with van der Waals surface area (Å²) in [6.45, 7) is 17.6. The minimum absolute atomic E-state index is 0.0237. The van der Waals surface area contributed by atoms with Gasteiger partial charge in [-0.15, -0.1) is 0 Å². The van der Waals surface area contributed by atoms with E-state index in [0.29, 0.717) is 29.2 Å². The van der Waals surface area contributed by atoms with E-state index in [1.807, 2.05) is 13.8 Å². The van der Waals surface area contributed by atoms with Gasteiger partial charge in [0.2, 0.25) is 6.10 Å². The van der Waals surface area contributed by atoms with Crippen molar-refractivity contribution < 1.29 is 24.2 Å². The molecule has 8 atom stereocenters. The maximum atomic E-state index is 13.7. The van der Waals surface area contributed by atoms with Gasteiger partial charge in [-0.3, -0.25) is 9.59 Å². The van der Waals surface area contributed by atoms with Crippen molar-refractivity contribution in [2.75, 3.05) is 0 Å². The molecule has 39 heavy (non-hydrogen) atoms. The molecule has 0 spiro atoms. The third kappa shape index (κ3) is 3.51. The average Bonchev–Trinajstić information content (AvgIpc) is 3.12. The quantitative estimate of drug-likeness (QED) is 0.396. The number of carbonyl (C=O) groups is 3. The summed E-state index contributed by atoms with van der Waals surface area (Å²) in [5, 5.41) is 10.4. The zero-order valence-corrected chi connectivity index (χ0v) is 25.5. The summed E-state index contributed by atoms with van der Waals surface area (Å²) in [6, 6.07) is 0. The van der Waals surface area contributed by atoms with Crippen molar-refractivity contribution in [2.24, 2.45) is 50.6 Å². The fourth-order valence-electron chi connectivity index (χ4n) is 11.8. The van der Waals surface area contributed by atoms with Gasteiger partial charge in [0, 0.05) is 24.3 Å².